The van der Waals surface area contributed by atoms with Gasteiger partial charge in [0.2, 0.25) is 5.76 Å². The van der Waals surface area contributed by atoms with E-state index in [4.69, 9.17) is 9.15 Å². The van der Waals surface area contributed by atoms with E-state index < -0.39 is 5.97 Å². The summed E-state index contributed by atoms with van der Waals surface area (Å²) in [6.07, 6.45) is 5.30. The molecule has 0 amide bonds. The van der Waals surface area contributed by atoms with Crippen molar-refractivity contribution in [1.29, 1.82) is 0 Å². The van der Waals surface area contributed by atoms with Crippen LogP contribution in [0.5, 0.6) is 0 Å². The minimum Gasteiger partial charge on any atom is -0.463 e. The molecule has 1 N–H and O–H groups in total. The molecule has 2 aliphatic heterocycles. The molecule has 104 valence electrons. The molecule has 2 aliphatic rings. The van der Waals surface area contributed by atoms with Crippen molar-refractivity contribution in [2.75, 3.05) is 7.11 Å². The molecule has 2 saturated heterocycles. The quantitative estimate of drug-likeness (QED) is 0.840. The molecule has 2 bridgehead atoms. The first-order valence-electron chi connectivity index (χ1n) is 6.77. The summed E-state index contributed by atoms with van der Waals surface area (Å²) < 4.78 is 9.94. The lowest BCUT2D eigenvalue weighted by atomic mass is 9.99. The Morgan fingerprint density at radius 3 is 2.79 bits per heavy atom. The van der Waals surface area contributed by atoms with Gasteiger partial charge in [0.25, 0.3) is 0 Å². The van der Waals surface area contributed by atoms with Crippen LogP contribution in [0, 0.1) is 0 Å². The van der Waals surface area contributed by atoms with Crippen molar-refractivity contribution in [1.82, 2.24) is 4.90 Å². The van der Waals surface area contributed by atoms with Crippen molar-refractivity contribution in [2.24, 2.45) is 0 Å². The van der Waals surface area contributed by atoms with E-state index in [-0.39, 0.29) is 6.10 Å². The number of furan rings is 1. The number of methoxy groups -OCH3 is 1. The lowest BCUT2D eigenvalue weighted by Gasteiger charge is -2.36. The van der Waals surface area contributed by atoms with Gasteiger partial charge in [-0.3, -0.25) is 4.90 Å². The van der Waals surface area contributed by atoms with Gasteiger partial charge in [-0.2, -0.15) is 0 Å². The molecule has 0 radical (unpaired) electrons. The molecule has 2 unspecified atom stereocenters. The van der Waals surface area contributed by atoms with Crippen LogP contribution in [0.2, 0.25) is 0 Å². The summed E-state index contributed by atoms with van der Waals surface area (Å²) in [6, 6.07) is 2.68. The molecule has 0 saturated carbocycles. The zero-order valence-corrected chi connectivity index (χ0v) is 11.0. The average Bonchev–Trinajstić information content (AvgIpc) is 2.94. The number of carbonyl (C=O) groups is 1. The van der Waals surface area contributed by atoms with E-state index in [1.807, 2.05) is 6.07 Å². The Hall–Kier alpha value is -1.33. The zero-order valence-electron chi connectivity index (χ0n) is 11.0. The molecule has 0 aliphatic carbocycles. The lowest BCUT2D eigenvalue weighted by Crippen LogP contribution is -2.44. The molecule has 2 atom stereocenters. The Kier molecular flexibility index (Phi) is 3.33. The van der Waals surface area contributed by atoms with Crippen molar-refractivity contribution in [2.45, 2.75) is 50.4 Å². The molecule has 1 aromatic heterocycles. The number of hydrogen-bond donors (Lipinski definition) is 1. The third kappa shape index (κ3) is 2.28. The number of ether oxygens (including phenoxy) is 1. The van der Waals surface area contributed by atoms with Crippen LogP contribution in [0.15, 0.2) is 16.7 Å². The highest BCUT2D eigenvalue weighted by atomic mass is 16.5. The van der Waals surface area contributed by atoms with Crippen LogP contribution >= 0.6 is 0 Å². The second-order valence-electron chi connectivity index (χ2n) is 5.45. The summed E-state index contributed by atoms with van der Waals surface area (Å²) in [5.74, 6) is -0.127. The van der Waals surface area contributed by atoms with Crippen LogP contribution in [0.1, 0.15) is 41.8 Å². The highest BCUT2D eigenvalue weighted by Crippen LogP contribution is 2.37. The van der Waals surface area contributed by atoms with Gasteiger partial charge in [-0.1, -0.05) is 0 Å². The summed E-state index contributed by atoms with van der Waals surface area (Å²) in [4.78, 5) is 14.0. The number of aliphatic hydroxyl groups is 1. The summed E-state index contributed by atoms with van der Waals surface area (Å²) in [6.45, 7) is 0.697. The summed E-state index contributed by atoms with van der Waals surface area (Å²) in [5, 5.41) is 9.80. The first-order valence-corrected chi connectivity index (χ1v) is 6.77. The van der Waals surface area contributed by atoms with Gasteiger partial charge in [-0.25, -0.2) is 4.79 Å². The van der Waals surface area contributed by atoms with Crippen LogP contribution in [0.3, 0.4) is 0 Å². The fourth-order valence-electron chi connectivity index (χ4n) is 3.43. The fourth-order valence-corrected chi connectivity index (χ4v) is 3.43. The number of rotatable bonds is 3. The van der Waals surface area contributed by atoms with E-state index >= 15 is 0 Å². The molecule has 0 aromatic carbocycles. The van der Waals surface area contributed by atoms with Gasteiger partial charge in [0.15, 0.2) is 0 Å². The van der Waals surface area contributed by atoms with Crippen LogP contribution in [-0.2, 0) is 11.3 Å². The van der Waals surface area contributed by atoms with Gasteiger partial charge >= 0.3 is 5.97 Å². The van der Waals surface area contributed by atoms with Crippen molar-refractivity contribution < 1.29 is 19.1 Å². The van der Waals surface area contributed by atoms with Gasteiger partial charge in [0.05, 0.1) is 19.5 Å². The second kappa shape index (κ2) is 4.98. The summed E-state index contributed by atoms with van der Waals surface area (Å²) in [5.41, 5.74) is 0.875. The Morgan fingerprint density at radius 1 is 1.47 bits per heavy atom. The predicted molar refractivity (Wildman–Crippen MR) is 67.6 cm³/mol. The highest BCUT2D eigenvalue weighted by molar-refractivity contribution is 5.87. The van der Waals surface area contributed by atoms with Crippen molar-refractivity contribution >= 4 is 5.97 Å². The van der Waals surface area contributed by atoms with Crippen LogP contribution in [0.4, 0.5) is 0 Å². The number of aliphatic hydroxyl groups excluding tert-OH is 1. The standard InChI is InChI=1S/C14H19NO4/c1-18-14(17)13-9(4-5-19-13)8-15-10-2-3-11(15)7-12(16)6-10/h4-5,10-12,16H,2-3,6-8H2,1H3. The molecule has 1 aromatic rings. The number of piperidine rings is 1. The van der Waals surface area contributed by atoms with E-state index in [1.165, 1.54) is 13.4 Å². The number of hydrogen-bond acceptors (Lipinski definition) is 5. The monoisotopic (exact) mass is 265 g/mol. The molecule has 2 fully saturated rings. The fraction of sp³-hybridized carbons (Fsp3) is 0.643. The summed E-state index contributed by atoms with van der Waals surface area (Å²) in [7, 11) is 1.36. The third-order valence-corrected chi connectivity index (χ3v) is 4.33. The zero-order chi connectivity index (χ0) is 13.4. The van der Waals surface area contributed by atoms with Crippen molar-refractivity contribution in [3.05, 3.63) is 23.7 Å². The molecule has 3 heterocycles. The second-order valence-corrected chi connectivity index (χ2v) is 5.45. The normalized spacial score (nSPS) is 30.5. The van der Waals surface area contributed by atoms with Crippen molar-refractivity contribution in [3.63, 3.8) is 0 Å². The van der Waals surface area contributed by atoms with Gasteiger partial charge in [-0.05, 0) is 31.7 Å². The first kappa shape index (κ1) is 12.7. The van der Waals surface area contributed by atoms with E-state index in [1.54, 1.807) is 0 Å². The van der Waals surface area contributed by atoms with E-state index in [0.717, 1.165) is 31.2 Å². The first-order chi connectivity index (χ1) is 9.19. The van der Waals surface area contributed by atoms with Crippen LogP contribution in [0.25, 0.3) is 0 Å². The Labute approximate surface area is 112 Å². The topological polar surface area (TPSA) is 62.9 Å². The van der Waals surface area contributed by atoms with E-state index in [9.17, 15) is 9.90 Å². The molecule has 19 heavy (non-hydrogen) atoms. The average molecular weight is 265 g/mol. The molecular weight excluding hydrogens is 246 g/mol. The molecule has 5 nitrogen and oxygen atoms in total. The minimum atomic E-state index is -0.426. The van der Waals surface area contributed by atoms with Gasteiger partial charge in [0, 0.05) is 24.2 Å². The molecular formula is C14H19NO4. The van der Waals surface area contributed by atoms with E-state index in [0.29, 0.717) is 24.4 Å². The van der Waals surface area contributed by atoms with Gasteiger partial charge < -0.3 is 14.3 Å². The third-order valence-electron chi connectivity index (χ3n) is 4.33. The number of fused-ring (bicyclic) bond motifs is 2. The summed E-state index contributed by atoms with van der Waals surface area (Å²) >= 11 is 0. The Morgan fingerprint density at radius 2 is 2.16 bits per heavy atom. The van der Waals surface area contributed by atoms with Crippen LogP contribution in [-0.4, -0.2) is 41.3 Å². The lowest BCUT2D eigenvalue weighted by molar-refractivity contribution is 0.0301. The molecule has 5 heteroatoms. The van der Waals surface area contributed by atoms with Crippen LogP contribution < -0.4 is 0 Å². The number of esters is 1. The Balaban J connectivity index is 1.76. The maximum atomic E-state index is 11.6. The molecule has 0 spiro atoms. The highest BCUT2D eigenvalue weighted by Gasteiger charge is 2.40. The Bertz CT molecular complexity index is 456. The SMILES string of the molecule is COC(=O)c1occc1CN1C2CCC1CC(O)C2. The smallest absolute Gasteiger partial charge is 0.374 e. The molecule has 3 rings (SSSR count). The van der Waals surface area contributed by atoms with Crippen molar-refractivity contribution in [3.8, 4) is 0 Å². The maximum Gasteiger partial charge on any atom is 0.374 e. The largest absolute Gasteiger partial charge is 0.463 e. The minimum absolute atomic E-state index is 0.168. The van der Waals surface area contributed by atoms with Gasteiger partial charge in [0.1, 0.15) is 0 Å². The van der Waals surface area contributed by atoms with E-state index in [2.05, 4.69) is 4.90 Å². The number of nitrogens with zero attached hydrogens (tertiary/aromatic N) is 1. The predicted octanol–water partition coefficient (Wildman–Crippen LogP) is 1.55. The van der Waals surface area contributed by atoms with Gasteiger partial charge in [-0.15, -0.1) is 0 Å². The number of carbonyl (C=O) groups excluding carboxylic acids is 1. The maximum absolute atomic E-state index is 11.6.